The van der Waals surface area contributed by atoms with E-state index in [0.717, 1.165) is 39.6 Å². The summed E-state index contributed by atoms with van der Waals surface area (Å²) in [5, 5.41) is 16.5. The van der Waals surface area contributed by atoms with Gasteiger partial charge in [-0.05, 0) is 39.0 Å². The molecule has 4 heterocycles. The second kappa shape index (κ2) is 8.01. The highest BCUT2D eigenvalue weighted by atomic mass is 16.1. The molecule has 4 aromatic heterocycles. The summed E-state index contributed by atoms with van der Waals surface area (Å²) in [5.74, 6) is -0.263. The lowest BCUT2D eigenvalue weighted by Gasteiger charge is -2.06. The van der Waals surface area contributed by atoms with Crippen LogP contribution >= 0.6 is 0 Å². The number of carbonyl (C=O) groups is 1. The van der Waals surface area contributed by atoms with Crippen LogP contribution in [0.2, 0.25) is 0 Å². The van der Waals surface area contributed by atoms with Crippen molar-refractivity contribution in [3.63, 3.8) is 0 Å². The summed E-state index contributed by atoms with van der Waals surface area (Å²) in [6, 6.07) is 13.5. The first kappa shape index (κ1) is 20.6. The normalized spacial score (nSPS) is 11.3. The van der Waals surface area contributed by atoms with E-state index < -0.39 is 0 Å². The van der Waals surface area contributed by atoms with Crippen LogP contribution in [0.1, 0.15) is 33.1 Å². The van der Waals surface area contributed by atoms with Crippen molar-refractivity contribution in [2.24, 2.45) is 7.05 Å². The highest BCUT2D eigenvalue weighted by molar-refractivity contribution is 5.93. The molecule has 0 bridgehead atoms. The molecule has 0 aliphatic heterocycles. The van der Waals surface area contributed by atoms with Crippen LogP contribution in [-0.4, -0.2) is 40.1 Å². The quantitative estimate of drug-likeness (QED) is 0.453. The van der Waals surface area contributed by atoms with Crippen LogP contribution in [0.25, 0.3) is 22.6 Å². The Balaban J connectivity index is 1.40. The summed E-state index contributed by atoms with van der Waals surface area (Å²) >= 11 is 0. The Bertz CT molecular complexity index is 1480. The number of aryl methyl sites for hydroxylation is 2. The van der Waals surface area contributed by atoms with Gasteiger partial charge in [0.2, 0.25) is 0 Å². The molecule has 33 heavy (non-hydrogen) atoms. The van der Waals surface area contributed by atoms with Crippen molar-refractivity contribution in [2.45, 2.75) is 27.3 Å². The second-order valence-electron chi connectivity index (χ2n) is 7.98. The fourth-order valence-corrected chi connectivity index (χ4v) is 3.97. The van der Waals surface area contributed by atoms with Crippen molar-refractivity contribution < 1.29 is 4.79 Å². The minimum Gasteiger partial charge on any atom is -0.346 e. The van der Waals surface area contributed by atoms with Crippen molar-refractivity contribution in [1.29, 1.82) is 0 Å². The predicted molar refractivity (Wildman–Crippen MR) is 124 cm³/mol. The molecule has 9 heteroatoms. The van der Waals surface area contributed by atoms with Crippen LogP contribution in [0, 0.1) is 20.8 Å². The van der Waals surface area contributed by atoms with Gasteiger partial charge in [-0.15, -0.1) is 0 Å². The lowest BCUT2D eigenvalue weighted by atomic mass is 10.2. The van der Waals surface area contributed by atoms with Gasteiger partial charge in [0.05, 0.1) is 23.3 Å². The summed E-state index contributed by atoms with van der Waals surface area (Å²) in [7, 11) is 1.89. The first-order valence-corrected chi connectivity index (χ1v) is 10.7. The zero-order valence-corrected chi connectivity index (χ0v) is 18.9. The molecule has 0 atom stereocenters. The van der Waals surface area contributed by atoms with Gasteiger partial charge in [0.15, 0.2) is 11.3 Å². The molecule has 5 aromatic rings. The Hall–Kier alpha value is -4.27. The lowest BCUT2D eigenvalue weighted by molar-refractivity contribution is 0.0945. The molecule has 0 fully saturated rings. The number of hydrogen-bond donors (Lipinski definition) is 1. The fourth-order valence-electron chi connectivity index (χ4n) is 3.97. The number of para-hydroxylation sites is 1. The molecular formula is C24H24N8O. The molecular weight excluding hydrogens is 416 g/mol. The number of benzene rings is 1. The number of nitrogens with one attached hydrogen (secondary N) is 1. The van der Waals surface area contributed by atoms with Crippen LogP contribution in [-0.2, 0) is 13.6 Å². The molecule has 0 saturated heterocycles. The summed E-state index contributed by atoms with van der Waals surface area (Å²) in [6.07, 6.45) is 3.51. The zero-order valence-electron chi connectivity index (χ0n) is 18.9. The fraction of sp³-hybridized carbons (Fsp3) is 0.208. The summed E-state index contributed by atoms with van der Waals surface area (Å²) in [4.78, 5) is 17.3. The molecule has 166 valence electrons. The number of nitrogens with zero attached hydrogens (tertiary/aromatic N) is 7. The van der Waals surface area contributed by atoms with E-state index in [-0.39, 0.29) is 5.91 Å². The third kappa shape index (κ3) is 3.57. The highest BCUT2D eigenvalue weighted by Gasteiger charge is 2.18. The van der Waals surface area contributed by atoms with Crippen LogP contribution in [0.3, 0.4) is 0 Å². The predicted octanol–water partition coefficient (Wildman–Crippen LogP) is 3.17. The topological polar surface area (TPSA) is 94.9 Å². The zero-order chi connectivity index (χ0) is 23.1. The molecule has 1 N–H and O–H groups in total. The molecule has 0 aliphatic carbocycles. The van der Waals surface area contributed by atoms with E-state index in [1.807, 2.05) is 68.9 Å². The van der Waals surface area contributed by atoms with Gasteiger partial charge in [0, 0.05) is 48.4 Å². The molecule has 5 rings (SSSR count). The van der Waals surface area contributed by atoms with E-state index >= 15 is 0 Å². The number of rotatable bonds is 5. The molecule has 0 aliphatic rings. The number of carbonyl (C=O) groups excluding carboxylic acids is 1. The smallest absolute Gasteiger partial charge is 0.272 e. The van der Waals surface area contributed by atoms with Crippen molar-refractivity contribution in [2.75, 3.05) is 0 Å². The third-order valence-electron chi connectivity index (χ3n) is 5.97. The van der Waals surface area contributed by atoms with E-state index in [2.05, 4.69) is 25.6 Å². The highest BCUT2D eigenvalue weighted by Crippen LogP contribution is 2.23. The van der Waals surface area contributed by atoms with Gasteiger partial charge in [-0.3, -0.25) is 9.48 Å². The van der Waals surface area contributed by atoms with Gasteiger partial charge < -0.3 is 5.32 Å². The number of aromatic nitrogens is 7. The number of hydrogen-bond acceptors (Lipinski definition) is 5. The van der Waals surface area contributed by atoms with Crippen LogP contribution < -0.4 is 5.32 Å². The molecule has 1 aromatic carbocycles. The molecule has 0 saturated carbocycles. The van der Waals surface area contributed by atoms with E-state index in [0.29, 0.717) is 17.9 Å². The van der Waals surface area contributed by atoms with Gasteiger partial charge in [0.1, 0.15) is 0 Å². The maximum absolute atomic E-state index is 12.9. The number of fused-ring (bicyclic) bond motifs is 1. The Morgan fingerprint density at radius 1 is 1.03 bits per heavy atom. The standard InChI is InChI=1S/C24H24N8O/c1-15-19(17(3)31(28-15)18-8-6-5-7-9-18)13-26-24(33)21-12-23-25-11-10-22(32(23)29-21)20-14-27-30(4)16(20)2/h5-12,14H,13H2,1-4H3,(H,26,33). The molecule has 9 nitrogen and oxygen atoms in total. The average Bonchev–Trinajstić information content (AvgIpc) is 3.49. The van der Waals surface area contributed by atoms with Gasteiger partial charge in [0.25, 0.3) is 5.91 Å². The lowest BCUT2D eigenvalue weighted by Crippen LogP contribution is -2.24. The van der Waals surface area contributed by atoms with E-state index in [9.17, 15) is 4.79 Å². The summed E-state index contributed by atoms with van der Waals surface area (Å²) in [5.41, 5.74) is 7.53. The molecule has 0 radical (unpaired) electrons. The first-order chi connectivity index (χ1) is 15.9. The largest absolute Gasteiger partial charge is 0.346 e. The first-order valence-electron chi connectivity index (χ1n) is 10.7. The summed E-state index contributed by atoms with van der Waals surface area (Å²) in [6.45, 7) is 6.31. The van der Waals surface area contributed by atoms with E-state index in [1.165, 1.54) is 0 Å². The Kier molecular flexibility index (Phi) is 5.01. The van der Waals surface area contributed by atoms with Crippen LogP contribution in [0.15, 0.2) is 54.9 Å². The minimum atomic E-state index is -0.263. The summed E-state index contributed by atoms with van der Waals surface area (Å²) < 4.78 is 5.38. The van der Waals surface area contributed by atoms with E-state index in [1.54, 1.807) is 27.7 Å². The molecule has 1 amide bonds. The molecule has 0 spiro atoms. The van der Waals surface area contributed by atoms with Gasteiger partial charge >= 0.3 is 0 Å². The van der Waals surface area contributed by atoms with Crippen molar-refractivity contribution in [3.05, 3.63) is 83.2 Å². The van der Waals surface area contributed by atoms with Crippen molar-refractivity contribution >= 4 is 11.6 Å². The van der Waals surface area contributed by atoms with Gasteiger partial charge in [-0.2, -0.15) is 15.3 Å². The maximum Gasteiger partial charge on any atom is 0.272 e. The second-order valence-corrected chi connectivity index (χ2v) is 7.98. The Morgan fingerprint density at radius 2 is 1.82 bits per heavy atom. The third-order valence-corrected chi connectivity index (χ3v) is 5.97. The van der Waals surface area contributed by atoms with Gasteiger partial charge in [-0.1, -0.05) is 18.2 Å². The minimum absolute atomic E-state index is 0.263. The van der Waals surface area contributed by atoms with E-state index in [4.69, 9.17) is 0 Å². The average molecular weight is 441 g/mol. The monoisotopic (exact) mass is 440 g/mol. The molecule has 0 unspecified atom stereocenters. The Labute approximate surface area is 190 Å². The van der Waals surface area contributed by atoms with Crippen LogP contribution in [0.5, 0.6) is 0 Å². The van der Waals surface area contributed by atoms with Crippen LogP contribution in [0.4, 0.5) is 0 Å². The number of amides is 1. The van der Waals surface area contributed by atoms with Gasteiger partial charge in [-0.25, -0.2) is 14.2 Å². The Morgan fingerprint density at radius 3 is 2.55 bits per heavy atom. The SMILES string of the molecule is Cc1nn(-c2ccccc2)c(C)c1CNC(=O)c1cc2nccc(-c3cnn(C)c3C)n2n1. The maximum atomic E-state index is 12.9. The van der Waals surface area contributed by atoms with Crippen molar-refractivity contribution in [1.82, 2.24) is 39.5 Å². The van der Waals surface area contributed by atoms with Crippen molar-refractivity contribution in [3.8, 4) is 16.9 Å².